The molecule has 0 aliphatic carbocycles. The van der Waals surface area contributed by atoms with E-state index in [1.165, 1.54) is 6.07 Å². The van der Waals surface area contributed by atoms with E-state index < -0.39 is 23.7 Å². The molecule has 4 rings (SSSR count). The highest BCUT2D eigenvalue weighted by atomic mass is 19.3. The summed E-state index contributed by atoms with van der Waals surface area (Å²) in [6, 6.07) is 3.08. The topological polar surface area (TPSA) is 49.3 Å². The van der Waals surface area contributed by atoms with Crippen molar-refractivity contribution in [2.24, 2.45) is 0 Å². The van der Waals surface area contributed by atoms with E-state index in [1.54, 1.807) is 4.90 Å². The number of benzene rings is 1. The van der Waals surface area contributed by atoms with Crippen LogP contribution in [0, 0.1) is 12.7 Å². The van der Waals surface area contributed by atoms with Crippen LogP contribution in [0.1, 0.15) is 45.8 Å². The van der Waals surface area contributed by atoms with Crippen molar-refractivity contribution in [3.63, 3.8) is 0 Å². The lowest BCUT2D eigenvalue weighted by Gasteiger charge is -2.33. The lowest BCUT2D eigenvalue weighted by Crippen LogP contribution is -2.38. The molecule has 1 aromatic heterocycles. The molecule has 0 saturated carbocycles. The van der Waals surface area contributed by atoms with Crippen molar-refractivity contribution < 1.29 is 18.0 Å². The van der Waals surface area contributed by atoms with E-state index in [-0.39, 0.29) is 5.56 Å². The molecule has 0 unspecified atom stereocenters. The highest BCUT2D eigenvalue weighted by Crippen LogP contribution is 2.32. The van der Waals surface area contributed by atoms with Crippen molar-refractivity contribution in [3.8, 4) is 0 Å². The second-order valence-electron chi connectivity index (χ2n) is 6.56. The SMILES string of the molecule is Cc1nc2c(c(N3CCC3)n1)CN(C(=O)c1ccc(C(F)F)c(F)c1)C2. The zero-order valence-corrected chi connectivity index (χ0v) is 14.2. The quantitative estimate of drug-likeness (QED) is 0.841. The number of hydrogen-bond donors (Lipinski definition) is 0. The Hall–Kier alpha value is -2.64. The van der Waals surface area contributed by atoms with Gasteiger partial charge in [0.15, 0.2) is 0 Å². The summed E-state index contributed by atoms with van der Waals surface area (Å²) < 4.78 is 39.2. The normalized spacial score (nSPS) is 16.0. The van der Waals surface area contributed by atoms with Gasteiger partial charge in [-0.05, 0) is 31.5 Å². The maximum absolute atomic E-state index is 13.8. The number of fused-ring (bicyclic) bond motifs is 1. The molecule has 2 aromatic rings. The van der Waals surface area contributed by atoms with Crippen LogP contribution in [0.4, 0.5) is 19.0 Å². The van der Waals surface area contributed by atoms with Crippen LogP contribution in [0.3, 0.4) is 0 Å². The first kappa shape index (κ1) is 16.8. The van der Waals surface area contributed by atoms with Gasteiger partial charge in [0.1, 0.15) is 17.5 Å². The van der Waals surface area contributed by atoms with Crippen LogP contribution in [0.5, 0.6) is 0 Å². The third-order valence-electron chi connectivity index (χ3n) is 4.80. The van der Waals surface area contributed by atoms with Crippen LogP contribution < -0.4 is 4.90 Å². The molecule has 8 heteroatoms. The van der Waals surface area contributed by atoms with Gasteiger partial charge in [0.25, 0.3) is 12.3 Å². The summed E-state index contributed by atoms with van der Waals surface area (Å²) in [6.45, 7) is 4.30. The van der Waals surface area contributed by atoms with E-state index in [1.807, 2.05) is 6.92 Å². The fourth-order valence-electron chi connectivity index (χ4n) is 3.31. The van der Waals surface area contributed by atoms with Crippen molar-refractivity contribution in [2.75, 3.05) is 18.0 Å². The zero-order valence-electron chi connectivity index (χ0n) is 14.2. The molecule has 3 heterocycles. The molecule has 0 atom stereocenters. The minimum absolute atomic E-state index is 0.0508. The van der Waals surface area contributed by atoms with Gasteiger partial charge in [-0.1, -0.05) is 0 Å². The Morgan fingerprint density at radius 1 is 1.19 bits per heavy atom. The Morgan fingerprint density at radius 3 is 2.58 bits per heavy atom. The molecule has 2 aliphatic heterocycles. The summed E-state index contributed by atoms with van der Waals surface area (Å²) in [5, 5.41) is 0. The maximum Gasteiger partial charge on any atom is 0.266 e. The van der Waals surface area contributed by atoms with Crippen LogP contribution >= 0.6 is 0 Å². The molecule has 2 aliphatic rings. The van der Waals surface area contributed by atoms with E-state index in [4.69, 9.17) is 0 Å². The first-order chi connectivity index (χ1) is 12.4. The minimum atomic E-state index is -2.91. The number of carbonyl (C=O) groups excluding carboxylic acids is 1. The highest BCUT2D eigenvalue weighted by Gasteiger charge is 2.32. The number of nitrogens with zero attached hydrogens (tertiary/aromatic N) is 4. The van der Waals surface area contributed by atoms with Gasteiger partial charge in [0.05, 0.1) is 24.3 Å². The monoisotopic (exact) mass is 362 g/mol. The van der Waals surface area contributed by atoms with Crippen LogP contribution in [0.2, 0.25) is 0 Å². The summed E-state index contributed by atoms with van der Waals surface area (Å²) in [5.74, 6) is 0.0231. The van der Waals surface area contributed by atoms with Crippen molar-refractivity contribution >= 4 is 11.7 Å². The molecule has 0 N–H and O–H groups in total. The lowest BCUT2D eigenvalue weighted by molar-refractivity contribution is 0.0749. The molecular weight excluding hydrogens is 345 g/mol. The first-order valence-corrected chi connectivity index (χ1v) is 8.42. The van der Waals surface area contributed by atoms with E-state index in [0.717, 1.165) is 48.7 Å². The fraction of sp³-hybridized carbons (Fsp3) is 0.389. The lowest BCUT2D eigenvalue weighted by atomic mass is 10.1. The molecule has 1 fully saturated rings. The summed E-state index contributed by atoms with van der Waals surface area (Å²) in [7, 11) is 0. The summed E-state index contributed by atoms with van der Waals surface area (Å²) in [4.78, 5) is 25.3. The number of aryl methyl sites for hydroxylation is 1. The molecule has 0 spiro atoms. The molecule has 136 valence electrons. The molecule has 5 nitrogen and oxygen atoms in total. The Balaban J connectivity index is 1.60. The number of carbonyl (C=O) groups is 1. The maximum atomic E-state index is 13.8. The third kappa shape index (κ3) is 2.79. The minimum Gasteiger partial charge on any atom is -0.356 e. The fourth-order valence-corrected chi connectivity index (χ4v) is 3.31. The van der Waals surface area contributed by atoms with Gasteiger partial charge in [-0.2, -0.15) is 0 Å². The largest absolute Gasteiger partial charge is 0.356 e. The van der Waals surface area contributed by atoms with Gasteiger partial charge in [0, 0.05) is 24.2 Å². The predicted octanol–water partition coefficient (Wildman–Crippen LogP) is 3.23. The molecular formula is C18H17F3N4O. The van der Waals surface area contributed by atoms with Gasteiger partial charge in [-0.25, -0.2) is 23.1 Å². The third-order valence-corrected chi connectivity index (χ3v) is 4.80. The van der Waals surface area contributed by atoms with Gasteiger partial charge in [0.2, 0.25) is 0 Å². The van der Waals surface area contributed by atoms with Crippen LogP contribution in [0.15, 0.2) is 18.2 Å². The van der Waals surface area contributed by atoms with E-state index in [0.29, 0.717) is 18.9 Å². The van der Waals surface area contributed by atoms with Crippen molar-refractivity contribution in [3.05, 3.63) is 52.2 Å². The molecule has 26 heavy (non-hydrogen) atoms. The predicted molar refractivity (Wildman–Crippen MR) is 88.5 cm³/mol. The van der Waals surface area contributed by atoms with Gasteiger partial charge in [-0.3, -0.25) is 4.79 Å². The molecule has 1 amide bonds. The number of aromatic nitrogens is 2. The Labute approximate surface area is 148 Å². The summed E-state index contributed by atoms with van der Waals surface area (Å²) in [6.07, 6.45) is -1.80. The van der Waals surface area contributed by atoms with Crippen molar-refractivity contribution in [2.45, 2.75) is 32.9 Å². The van der Waals surface area contributed by atoms with E-state index in [9.17, 15) is 18.0 Å². The average Bonchev–Trinajstić information content (AvgIpc) is 2.96. The second-order valence-corrected chi connectivity index (χ2v) is 6.56. The number of anilines is 1. The van der Waals surface area contributed by atoms with E-state index in [2.05, 4.69) is 14.9 Å². The summed E-state index contributed by atoms with van der Waals surface area (Å²) in [5.41, 5.74) is 1.05. The number of hydrogen-bond acceptors (Lipinski definition) is 4. The average molecular weight is 362 g/mol. The Kier molecular flexibility index (Phi) is 4.05. The summed E-state index contributed by atoms with van der Waals surface area (Å²) >= 11 is 0. The van der Waals surface area contributed by atoms with Crippen LogP contribution in [0.25, 0.3) is 0 Å². The number of halogens is 3. The molecule has 1 saturated heterocycles. The first-order valence-electron chi connectivity index (χ1n) is 8.42. The van der Waals surface area contributed by atoms with Crippen molar-refractivity contribution in [1.82, 2.24) is 14.9 Å². The zero-order chi connectivity index (χ0) is 18.4. The van der Waals surface area contributed by atoms with E-state index >= 15 is 0 Å². The Morgan fingerprint density at radius 2 is 1.96 bits per heavy atom. The number of amides is 1. The van der Waals surface area contributed by atoms with Gasteiger partial charge < -0.3 is 9.80 Å². The number of alkyl halides is 2. The molecule has 0 bridgehead atoms. The van der Waals surface area contributed by atoms with Crippen molar-refractivity contribution in [1.29, 1.82) is 0 Å². The van der Waals surface area contributed by atoms with Crippen LogP contribution in [-0.2, 0) is 13.1 Å². The molecule has 0 radical (unpaired) electrons. The highest BCUT2D eigenvalue weighted by molar-refractivity contribution is 5.94. The molecule has 1 aromatic carbocycles. The Bertz CT molecular complexity index is 883. The van der Waals surface area contributed by atoms with Crippen LogP contribution in [-0.4, -0.2) is 33.9 Å². The smallest absolute Gasteiger partial charge is 0.266 e. The second kappa shape index (κ2) is 6.26. The standard InChI is InChI=1S/C18H17F3N4O/c1-10-22-15-9-25(8-13(15)17(23-10)24-5-2-6-24)18(26)11-3-4-12(16(20)21)14(19)7-11/h3-4,7,16H,2,5-6,8-9H2,1H3. The number of rotatable bonds is 3. The van der Waals surface area contributed by atoms with Gasteiger partial charge in [-0.15, -0.1) is 0 Å². The van der Waals surface area contributed by atoms with Gasteiger partial charge >= 0.3 is 0 Å².